The van der Waals surface area contributed by atoms with E-state index in [4.69, 9.17) is 0 Å². The number of benzene rings is 3. The van der Waals surface area contributed by atoms with E-state index in [0.717, 1.165) is 40.0 Å². The zero-order valence-corrected chi connectivity index (χ0v) is 13.5. The smallest absolute Gasteiger partial charge is 0.192 e. The van der Waals surface area contributed by atoms with Crippen LogP contribution in [-0.2, 0) is 6.18 Å². The van der Waals surface area contributed by atoms with E-state index < -0.39 is 11.7 Å². The summed E-state index contributed by atoms with van der Waals surface area (Å²) < 4.78 is 38.3. The molecule has 3 aromatic carbocycles. The largest absolute Gasteiger partial charge is 0.416 e. The summed E-state index contributed by atoms with van der Waals surface area (Å²) in [4.78, 5) is 0. The van der Waals surface area contributed by atoms with Gasteiger partial charge in [-0.2, -0.15) is 18.4 Å². The fourth-order valence-electron chi connectivity index (χ4n) is 3.33. The Morgan fingerprint density at radius 3 is 2.08 bits per heavy atom. The highest BCUT2D eigenvalue weighted by atomic mass is 19.4. The van der Waals surface area contributed by atoms with Gasteiger partial charge in [-0.15, -0.1) is 0 Å². The van der Waals surface area contributed by atoms with Crippen LogP contribution in [0.25, 0.3) is 22.8 Å². The van der Waals surface area contributed by atoms with Gasteiger partial charge in [-0.25, -0.2) is 0 Å². The van der Waals surface area contributed by atoms with Crippen LogP contribution in [-0.4, -0.2) is 0 Å². The number of nitriles is 1. The minimum Gasteiger partial charge on any atom is -0.192 e. The molecule has 0 unspecified atom stereocenters. The van der Waals surface area contributed by atoms with Gasteiger partial charge >= 0.3 is 6.18 Å². The molecule has 0 heterocycles. The maximum atomic E-state index is 12.8. The van der Waals surface area contributed by atoms with Gasteiger partial charge < -0.3 is 0 Å². The highest BCUT2D eigenvalue weighted by Crippen LogP contribution is 2.46. The molecular formula is C22H12F3N. The van der Waals surface area contributed by atoms with E-state index in [1.165, 1.54) is 12.1 Å². The van der Waals surface area contributed by atoms with Crippen molar-refractivity contribution in [1.29, 1.82) is 5.26 Å². The number of nitrogens with zero attached hydrogens (tertiary/aromatic N) is 1. The van der Waals surface area contributed by atoms with Gasteiger partial charge in [0.2, 0.25) is 0 Å². The van der Waals surface area contributed by atoms with Crippen LogP contribution in [0.2, 0.25) is 0 Å². The zero-order chi connectivity index (χ0) is 18.3. The molecule has 1 nitrogen and oxygen atoms in total. The van der Waals surface area contributed by atoms with E-state index in [1.807, 2.05) is 42.5 Å². The standard InChI is InChI=1S/C22H12F3N/c23-22(24,25)16-10-8-14(9-11-16)12-20-17-5-1-2-6-18(17)21-15(13-26)4-3-7-19(20)21/h1-12H/b20-12-. The molecule has 0 spiro atoms. The molecule has 0 atom stereocenters. The van der Waals surface area contributed by atoms with Crippen molar-refractivity contribution in [3.8, 4) is 17.2 Å². The summed E-state index contributed by atoms with van der Waals surface area (Å²) in [5.74, 6) is 0. The third-order valence-corrected chi connectivity index (χ3v) is 4.51. The molecule has 126 valence electrons. The first-order chi connectivity index (χ1) is 12.5. The average molecular weight is 347 g/mol. The SMILES string of the molecule is N#Cc1cccc2c1-c1ccccc1/C2=C/c1ccc(C(F)(F)F)cc1. The Morgan fingerprint density at radius 1 is 0.769 bits per heavy atom. The summed E-state index contributed by atoms with van der Waals surface area (Å²) >= 11 is 0. The predicted molar refractivity (Wildman–Crippen MR) is 95.0 cm³/mol. The van der Waals surface area contributed by atoms with Crippen LogP contribution in [0.1, 0.15) is 27.8 Å². The van der Waals surface area contributed by atoms with E-state index in [2.05, 4.69) is 6.07 Å². The molecule has 4 rings (SSSR count). The molecule has 0 saturated carbocycles. The summed E-state index contributed by atoms with van der Waals surface area (Å²) in [7, 11) is 0. The first-order valence-corrected chi connectivity index (χ1v) is 8.01. The Kier molecular flexibility index (Phi) is 3.66. The Hall–Kier alpha value is -3.32. The van der Waals surface area contributed by atoms with Crippen molar-refractivity contribution in [1.82, 2.24) is 0 Å². The molecule has 0 amide bonds. The molecule has 4 heteroatoms. The van der Waals surface area contributed by atoms with Gasteiger partial charge in [-0.1, -0.05) is 48.5 Å². The van der Waals surface area contributed by atoms with Gasteiger partial charge in [0.25, 0.3) is 0 Å². The lowest BCUT2D eigenvalue weighted by Gasteiger charge is -2.07. The highest BCUT2D eigenvalue weighted by molar-refractivity contribution is 6.07. The van der Waals surface area contributed by atoms with E-state index in [9.17, 15) is 18.4 Å². The fraction of sp³-hybridized carbons (Fsp3) is 0.0455. The van der Waals surface area contributed by atoms with Crippen molar-refractivity contribution in [2.75, 3.05) is 0 Å². The maximum Gasteiger partial charge on any atom is 0.416 e. The maximum absolute atomic E-state index is 12.8. The van der Waals surface area contributed by atoms with Crippen molar-refractivity contribution in [2.45, 2.75) is 6.18 Å². The molecule has 0 fully saturated rings. The second kappa shape index (κ2) is 5.89. The molecule has 0 radical (unpaired) electrons. The van der Waals surface area contributed by atoms with Crippen molar-refractivity contribution < 1.29 is 13.2 Å². The first kappa shape index (κ1) is 16.2. The fourth-order valence-corrected chi connectivity index (χ4v) is 3.33. The summed E-state index contributed by atoms with van der Waals surface area (Å²) in [6.45, 7) is 0. The van der Waals surface area contributed by atoms with Crippen molar-refractivity contribution in [2.24, 2.45) is 0 Å². The monoisotopic (exact) mass is 347 g/mol. The molecule has 1 aliphatic rings. The zero-order valence-electron chi connectivity index (χ0n) is 13.5. The number of hydrogen-bond donors (Lipinski definition) is 0. The first-order valence-electron chi connectivity index (χ1n) is 8.01. The Morgan fingerprint density at radius 2 is 1.42 bits per heavy atom. The minimum atomic E-state index is -4.35. The lowest BCUT2D eigenvalue weighted by Crippen LogP contribution is -2.04. The molecule has 0 aliphatic heterocycles. The molecule has 0 bridgehead atoms. The number of halogens is 3. The molecule has 1 aliphatic carbocycles. The van der Waals surface area contributed by atoms with Gasteiger partial charge in [0.15, 0.2) is 0 Å². The van der Waals surface area contributed by atoms with Crippen LogP contribution in [0.5, 0.6) is 0 Å². The Labute approximate surface area is 148 Å². The second-order valence-corrected chi connectivity index (χ2v) is 6.06. The van der Waals surface area contributed by atoms with Crippen molar-refractivity contribution in [3.63, 3.8) is 0 Å². The summed E-state index contributed by atoms with van der Waals surface area (Å²) in [6, 6.07) is 20.6. The average Bonchev–Trinajstić information content (AvgIpc) is 2.96. The van der Waals surface area contributed by atoms with Crippen LogP contribution in [0.4, 0.5) is 13.2 Å². The lowest BCUT2D eigenvalue weighted by atomic mass is 9.99. The van der Waals surface area contributed by atoms with Gasteiger partial charge in [0, 0.05) is 5.56 Å². The number of rotatable bonds is 1. The van der Waals surface area contributed by atoms with Crippen LogP contribution in [0, 0.1) is 11.3 Å². The van der Waals surface area contributed by atoms with E-state index in [0.29, 0.717) is 11.1 Å². The van der Waals surface area contributed by atoms with E-state index in [1.54, 1.807) is 6.07 Å². The number of hydrogen-bond acceptors (Lipinski definition) is 1. The van der Waals surface area contributed by atoms with Gasteiger partial charge in [0.05, 0.1) is 17.2 Å². The van der Waals surface area contributed by atoms with Gasteiger partial charge in [-0.3, -0.25) is 0 Å². The summed E-state index contributed by atoms with van der Waals surface area (Å²) in [5, 5.41) is 9.43. The van der Waals surface area contributed by atoms with Gasteiger partial charge in [-0.05, 0) is 52.1 Å². The normalized spacial score (nSPS) is 14.0. The molecule has 3 aromatic rings. The van der Waals surface area contributed by atoms with E-state index in [-0.39, 0.29) is 0 Å². The number of alkyl halides is 3. The summed E-state index contributed by atoms with van der Waals surface area (Å²) in [6.07, 6.45) is -2.48. The Balaban J connectivity index is 1.88. The number of fused-ring (bicyclic) bond motifs is 3. The van der Waals surface area contributed by atoms with Crippen molar-refractivity contribution >= 4 is 11.6 Å². The van der Waals surface area contributed by atoms with E-state index >= 15 is 0 Å². The van der Waals surface area contributed by atoms with Crippen LogP contribution in [0.3, 0.4) is 0 Å². The molecule has 0 aromatic heterocycles. The van der Waals surface area contributed by atoms with Crippen LogP contribution >= 0.6 is 0 Å². The second-order valence-electron chi connectivity index (χ2n) is 6.06. The Bertz CT molecular complexity index is 1070. The topological polar surface area (TPSA) is 23.8 Å². The van der Waals surface area contributed by atoms with Crippen LogP contribution < -0.4 is 0 Å². The molecule has 0 saturated heterocycles. The minimum absolute atomic E-state index is 0.589. The third-order valence-electron chi connectivity index (χ3n) is 4.51. The molecular weight excluding hydrogens is 335 g/mol. The quantitative estimate of drug-likeness (QED) is 0.405. The predicted octanol–water partition coefficient (Wildman–Crippen LogP) is 6.15. The lowest BCUT2D eigenvalue weighted by molar-refractivity contribution is -0.137. The highest BCUT2D eigenvalue weighted by Gasteiger charge is 2.30. The summed E-state index contributed by atoms with van der Waals surface area (Å²) in [5.41, 5.74) is 5.26. The van der Waals surface area contributed by atoms with Crippen molar-refractivity contribution in [3.05, 3.63) is 94.5 Å². The molecule has 0 N–H and O–H groups in total. The molecule has 26 heavy (non-hydrogen) atoms. The third kappa shape index (κ3) is 2.58. The van der Waals surface area contributed by atoms with Gasteiger partial charge in [0.1, 0.15) is 0 Å². The van der Waals surface area contributed by atoms with Crippen LogP contribution in [0.15, 0.2) is 66.7 Å².